The molecule has 1 aromatic heterocycles. The fraction of sp³-hybridized carbons (Fsp3) is 0.848. The van der Waals surface area contributed by atoms with Crippen LogP contribution in [-0.2, 0) is 9.47 Å². The first-order valence-electron chi connectivity index (χ1n) is 16.2. The molecule has 8 heteroatoms. The summed E-state index contributed by atoms with van der Waals surface area (Å²) in [5.74, 6) is 5.21. The number of rotatable bonds is 5. The van der Waals surface area contributed by atoms with Gasteiger partial charge in [-0.1, -0.05) is 58.4 Å². The Kier molecular flexibility index (Phi) is 7.50. The molecule has 0 amide bonds. The monoisotopic (exact) mass is 583 g/mol. The van der Waals surface area contributed by atoms with Crippen LogP contribution in [0.1, 0.15) is 92.3 Å². The number of nitrogens with zero attached hydrogens (tertiary/aromatic N) is 3. The van der Waals surface area contributed by atoms with Crippen molar-refractivity contribution in [2.45, 2.75) is 110 Å². The number of nitrogens with one attached hydrogen (secondary N) is 1. The van der Waals surface area contributed by atoms with Crippen LogP contribution in [0.25, 0.3) is 0 Å². The molecule has 3 heterocycles. The number of hydrogen-bond donors (Lipinski definition) is 2. The van der Waals surface area contributed by atoms with Gasteiger partial charge in [-0.2, -0.15) is 5.21 Å². The molecule has 6 aliphatic rings. The van der Waals surface area contributed by atoms with Gasteiger partial charge in [-0.3, -0.25) is 0 Å². The fourth-order valence-corrected chi connectivity index (χ4v) is 13.0. The molecule has 0 radical (unpaired) electrons. The summed E-state index contributed by atoms with van der Waals surface area (Å²) in [7, 11) is 0. The number of aromatic amines is 1. The highest BCUT2D eigenvalue weighted by molar-refractivity contribution is 8.01. The van der Waals surface area contributed by atoms with E-state index in [2.05, 4.69) is 92.3 Å². The van der Waals surface area contributed by atoms with E-state index in [1.807, 2.05) is 5.57 Å². The zero-order valence-corrected chi connectivity index (χ0v) is 27.2. The number of ether oxygens (including phenoxy) is 2. The average molecular weight is 584 g/mol. The number of hydrogen-bond acceptors (Lipinski definition) is 7. The predicted octanol–water partition coefficient (Wildman–Crippen LogP) is 6.48. The first-order chi connectivity index (χ1) is 19.5. The summed E-state index contributed by atoms with van der Waals surface area (Å²) in [6, 6.07) is 0. The highest BCUT2D eigenvalue weighted by atomic mass is 32.2. The molecular weight excluding hydrogens is 530 g/mol. The lowest BCUT2D eigenvalue weighted by molar-refractivity contribution is -0.172. The summed E-state index contributed by atoms with van der Waals surface area (Å²) < 4.78 is 13.3. The van der Waals surface area contributed by atoms with Crippen molar-refractivity contribution >= 4 is 11.8 Å². The number of fused-ring (bicyclic) bond motifs is 3. The molecule has 2 aliphatic heterocycles. The van der Waals surface area contributed by atoms with Crippen molar-refractivity contribution in [1.29, 1.82) is 0 Å². The van der Waals surface area contributed by atoms with Crippen LogP contribution in [-0.4, -0.2) is 56.0 Å². The van der Waals surface area contributed by atoms with Gasteiger partial charge in [-0.05, 0) is 98.4 Å². The smallest absolute Gasteiger partial charge is 0.171 e. The number of tetrazole rings is 1. The first-order valence-corrected chi connectivity index (χ1v) is 17.2. The molecule has 1 saturated heterocycles. The Hall–Kier alpha value is -1.38. The second-order valence-electron chi connectivity index (χ2n) is 15.1. The van der Waals surface area contributed by atoms with E-state index in [4.69, 9.17) is 15.2 Å². The molecule has 3 N–H and O–H groups in total. The van der Waals surface area contributed by atoms with Gasteiger partial charge in [-0.15, -0.1) is 22.0 Å². The molecule has 228 valence electrons. The van der Waals surface area contributed by atoms with Crippen molar-refractivity contribution < 1.29 is 9.47 Å². The Labute approximate surface area is 251 Å². The van der Waals surface area contributed by atoms with E-state index >= 15 is 0 Å². The van der Waals surface area contributed by atoms with Crippen molar-refractivity contribution in [1.82, 2.24) is 20.6 Å². The van der Waals surface area contributed by atoms with Crippen LogP contribution < -0.4 is 5.73 Å². The number of nitrogens with two attached hydrogens (primary N) is 1. The normalized spacial score (nSPS) is 46.3. The maximum Gasteiger partial charge on any atom is 0.171 e. The standard InChI is InChI=1S/C31H49NO2S.C2H4N4/c1-20(2)22(4)30-12-11-28(6)23-7-8-25-27(5)17-21(3)31(25,35-18-26(27)33-16-14-32)24(23)9-10-29(28,19-30)13-15-34-30;1-2-3-5-6-4-2/h9,13,15,20-23,25-26H,7-8,10-12,14,16-19,32H2,1-6H3;1H3,(H,3,4,5,6)/t21?,22-,23?,25?,26?,27+,28?,29-,30-,31?;/m1./s1. The van der Waals surface area contributed by atoms with Crippen molar-refractivity contribution in [2.75, 3.05) is 18.9 Å². The van der Waals surface area contributed by atoms with Gasteiger partial charge in [0, 0.05) is 22.5 Å². The third-order valence-corrected chi connectivity index (χ3v) is 15.1. The second kappa shape index (κ2) is 10.4. The number of thioether (sulfide) groups is 1. The lowest BCUT2D eigenvalue weighted by Crippen LogP contribution is -2.63. The molecule has 4 aliphatic carbocycles. The van der Waals surface area contributed by atoms with Gasteiger partial charge < -0.3 is 15.2 Å². The van der Waals surface area contributed by atoms with Gasteiger partial charge >= 0.3 is 0 Å². The van der Waals surface area contributed by atoms with E-state index in [9.17, 15) is 0 Å². The SMILES string of the molecule is CC(C)[C@@H](C)[C@]12CCC3(C)C4CCC5C6(SCC(OCCN)[C@@]5(C)CC6C)C4=CC[C@@]3(C=CO1)C2.Cc1nn[nH]n1. The number of aromatic nitrogens is 4. The highest BCUT2D eigenvalue weighted by Crippen LogP contribution is 2.76. The molecular formula is C33H53N5O2S. The van der Waals surface area contributed by atoms with E-state index in [1.165, 1.54) is 44.9 Å². The minimum Gasteiger partial charge on any atom is -0.495 e. The molecule has 1 spiro atoms. The maximum absolute atomic E-state index is 6.56. The summed E-state index contributed by atoms with van der Waals surface area (Å²) in [5, 5.41) is 12.7. The molecule has 0 aromatic carbocycles. The van der Waals surface area contributed by atoms with Gasteiger partial charge in [-0.25, -0.2) is 0 Å². The molecule has 10 atom stereocenters. The first kappa shape index (κ1) is 29.7. The Morgan fingerprint density at radius 1 is 1.22 bits per heavy atom. The van der Waals surface area contributed by atoms with Crippen molar-refractivity contribution in [3.63, 3.8) is 0 Å². The van der Waals surface area contributed by atoms with Crippen molar-refractivity contribution in [3.8, 4) is 0 Å². The van der Waals surface area contributed by atoms with Gasteiger partial charge in [0.15, 0.2) is 5.82 Å². The molecule has 4 fully saturated rings. The molecule has 3 saturated carbocycles. The Balaban J connectivity index is 0.000000449. The van der Waals surface area contributed by atoms with E-state index in [0.29, 0.717) is 53.0 Å². The molecule has 7 nitrogen and oxygen atoms in total. The lowest BCUT2D eigenvalue weighted by Gasteiger charge is -2.67. The van der Waals surface area contributed by atoms with Crippen LogP contribution in [0.15, 0.2) is 24.0 Å². The number of H-pyrrole nitrogens is 1. The molecule has 7 rings (SSSR count). The van der Waals surface area contributed by atoms with Crippen LogP contribution in [0, 0.1) is 52.8 Å². The van der Waals surface area contributed by atoms with Gasteiger partial charge in [0.05, 0.1) is 19.0 Å². The van der Waals surface area contributed by atoms with Crippen molar-refractivity contribution in [3.05, 3.63) is 29.8 Å². The van der Waals surface area contributed by atoms with Crippen LogP contribution in [0.2, 0.25) is 0 Å². The van der Waals surface area contributed by atoms with Gasteiger partial charge in [0.2, 0.25) is 0 Å². The van der Waals surface area contributed by atoms with Crippen LogP contribution in [0.5, 0.6) is 0 Å². The quantitative estimate of drug-likeness (QED) is 0.383. The van der Waals surface area contributed by atoms with E-state index < -0.39 is 0 Å². The van der Waals surface area contributed by atoms with Crippen LogP contribution in [0.4, 0.5) is 0 Å². The zero-order chi connectivity index (χ0) is 29.3. The molecule has 1 aromatic rings. The van der Waals surface area contributed by atoms with Gasteiger partial charge in [0.1, 0.15) is 5.60 Å². The summed E-state index contributed by atoms with van der Waals surface area (Å²) >= 11 is 2.28. The predicted molar refractivity (Wildman–Crippen MR) is 165 cm³/mol. The number of allylic oxidation sites excluding steroid dienone is 2. The summed E-state index contributed by atoms with van der Waals surface area (Å²) in [6.07, 6.45) is 16.7. The minimum absolute atomic E-state index is 0.0234. The van der Waals surface area contributed by atoms with E-state index in [0.717, 1.165) is 17.6 Å². The molecule has 41 heavy (non-hydrogen) atoms. The van der Waals surface area contributed by atoms with Gasteiger partial charge in [0.25, 0.3) is 0 Å². The third kappa shape index (κ3) is 4.16. The highest BCUT2D eigenvalue weighted by Gasteiger charge is 2.72. The average Bonchev–Trinajstić information content (AvgIpc) is 3.49. The maximum atomic E-state index is 6.56. The Morgan fingerprint density at radius 3 is 2.68 bits per heavy atom. The third-order valence-electron chi connectivity index (χ3n) is 13.3. The Bertz CT molecular complexity index is 1170. The van der Waals surface area contributed by atoms with Crippen LogP contribution in [0.3, 0.4) is 0 Å². The topological polar surface area (TPSA) is 98.9 Å². The molecule has 6 unspecified atom stereocenters. The van der Waals surface area contributed by atoms with Crippen LogP contribution >= 0.6 is 11.8 Å². The summed E-state index contributed by atoms with van der Waals surface area (Å²) in [4.78, 5) is 0. The largest absolute Gasteiger partial charge is 0.495 e. The zero-order valence-electron chi connectivity index (χ0n) is 26.4. The second-order valence-corrected chi connectivity index (χ2v) is 16.4. The summed E-state index contributed by atoms with van der Waals surface area (Å²) in [6.45, 7) is 18.1. The number of aryl methyl sites for hydroxylation is 1. The Morgan fingerprint density at radius 2 is 2.02 bits per heavy atom. The lowest BCUT2D eigenvalue weighted by atomic mass is 9.40. The van der Waals surface area contributed by atoms with Crippen molar-refractivity contribution in [2.24, 2.45) is 51.6 Å². The van der Waals surface area contributed by atoms with E-state index in [-0.39, 0.29) is 16.4 Å². The minimum atomic E-state index is 0.0234. The van der Waals surface area contributed by atoms with E-state index in [1.54, 1.807) is 6.92 Å². The molecule has 4 bridgehead atoms. The summed E-state index contributed by atoms with van der Waals surface area (Å²) in [5.41, 5.74) is 8.59. The fourth-order valence-electron chi connectivity index (χ4n) is 10.8.